The molecule has 1 heterocycles. The highest BCUT2D eigenvalue weighted by atomic mass is 79.9. The van der Waals surface area contributed by atoms with Gasteiger partial charge in [-0.3, -0.25) is 4.79 Å². The van der Waals surface area contributed by atoms with Crippen molar-refractivity contribution in [3.8, 4) is 17.1 Å². The zero-order chi connectivity index (χ0) is 18.0. The zero-order valence-corrected chi connectivity index (χ0v) is 15.5. The van der Waals surface area contributed by atoms with E-state index >= 15 is 0 Å². The normalized spacial score (nSPS) is 10.5. The van der Waals surface area contributed by atoms with Crippen LogP contribution >= 0.6 is 27.5 Å². The Morgan fingerprint density at radius 2 is 2.00 bits per heavy atom. The summed E-state index contributed by atoms with van der Waals surface area (Å²) in [6.45, 7) is 0. The van der Waals surface area contributed by atoms with E-state index in [1.807, 2.05) is 12.1 Å². The number of nitrogens with one attached hydrogen (secondary N) is 1. The van der Waals surface area contributed by atoms with Crippen LogP contribution in [0.2, 0.25) is 5.02 Å². The molecule has 0 aliphatic rings. The Balaban J connectivity index is 1.81. The van der Waals surface area contributed by atoms with Crippen molar-refractivity contribution in [2.45, 2.75) is 0 Å². The fourth-order valence-corrected chi connectivity index (χ4v) is 3.03. The Kier molecular flexibility index (Phi) is 5.01. The van der Waals surface area contributed by atoms with Crippen LogP contribution in [0.25, 0.3) is 11.3 Å². The van der Waals surface area contributed by atoms with Crippen LogP contribution in [0.15, 0.2) is 57.4 Å². The number of rotatable bonds is 4. The summed E-state index contributed by atoms with van der Waals surface area (Å²) in [7, 11) is 1.55. The Hall–Kier alpha value is -2.44. The van der Waals surface area contributed by atoms with Gasteiger partial charge in [0.05, 0.1) is 23.5 Å². The van der Waals surface area contributed by atoms with Crippen molar-refractivity contribution in [2.75, 3.05) is 18.2 Å². The third-order valence-electron chi connectivity index (χ3n) is 3.53. The molecule has 5 nitrogen and oxygen atoms in total. The van der Waals surface area contributed by atoms with E-state index in [1.165, 1.54) is 0 Å². The van der Waals surface area contributed by atoms with Crippen molar-refractivity contribution in [1.29, 1.82) is 0 Å². The molecule has 128 valence electrons. The molecule has 0 radical (unpaired) electrons. The van der Waals surface area contributed by atoms with Gasteiger partial charge in [0.2, 0.25) is 0 Å². The molecular weight excluding hydrogens is 408 g/mol. The third-order valence-corrected chi connectivity index (χ3v) is 4.34. The Morgan fingerprint density at radius 1 is 1.20 bits per heavy atom. The number of furan rings is 1. The van der Waals surface area contributed by atoms with Gasteiger partial charge in [-0.1, -0.05) is 27.5 Å². The Bertz CT molecular complexity index is 940. The van der Waals surface area contributed by atoms with E-state index in [-0.39, 0.29) is 5.76 Å². The molecule has 0 spiro atoms. The maximum Gasteiger partial charge on any atom is 0.291 e. The smallest absolute Gasteiger partial charge is 0.291 e. The van der Waals surface area contributed by atoms with Crippen molar-refractivity contribution < 1.29 is 13.9 Å². The second-order valence-electron chi connectivity index (χ2n) is 5.20. The monoisotopic (exact) mass is 420 g/mol. The minimum absolute atomic E-state index is 0.157. The van der Waals surface area contributed by atoms with E-state index in [4.69, 9.17) is 26.5 Å². The largest absolute Gasteiger partial charge is 0.497 e. The number of halogens is 2. The highest BCUT2D eigenvalue weighted by molar-refractivity contribution is 9.10. The highest BCUT2D eigenvalue weighted by Crippen LogP contribution is 2.32. The number of ether oxygens (including phenoxy) is 1. The number of amides is 1. The third kappa shape index (κ3) is 3.81. The quantitative estimate of drug-likeness (QED) is 0.567. The lowest BCUT2D eigenvalue weighted by molar-refractivity contribution is 0.0997. The number of methoxy groups -OCH3 is 1. The van der Waals surface area contributed by atoms with E-state index < -0.39 is 5.91 Å². The first kappa shape index (κ1) is 17.4. The molecule has 0 saturated heterocycles. The molecule has 1 amide bonds. The summed E-state index contributed by atoms with van der Waals surface area (Å²) in [5, 5.41) is 3.24. The minimum atomic E-state index is -0.406. The summed E-state index contributed by atoms with van der Waals surface area (Å²) in [4.78, 5) is 12.4. The van der Waals surface area contributed by atoms with Gasteiger partial charge in [-0.2, -0.15) is 0 Å². The lowest BCUT2D eigenvalue weighted by Crippen LogP contribution is -2.12. The predicted molar refractivity (Wildman–Crippen MR) is 102 cm³/mol. The van der Waals surface area contributed by atoms with Crippen molar-refractivity contribution in [1.82, 2.24) is 0 Å². The van der Waals surface area contributed by atoms with Gasteiger partial charge >= 0.3 is 0 Å². The van der Waals surface area contributed by atoms with Crippen LogP contribution in [0.5, 0.6) is 5.75 Å². The van der Waals surface area contributed by atoms with Crippen molar-refractivity contribution >= 4 is 44.8 Å². The number of anilines is 2. The lowest BCUT2D eigenvalue weighted by atomic mass is 10.2. The second-order valence-corrected chi connectivity index (χ2v) is 6.52. The van der Waals surface area contributed by atoms with E-state index in [0.717, 1.165) is 4.47 Å². The summed E-state index contributed by atoms with van der Waals surface area (Å²) in [6.07, 6.45) is 0. The van der Waals surface area contributed by atoms with Crippen LogP contribution in [0.4, 0.5) is 11.4 Å². The average molecular weight is 422 g/mol. The average Bonchev–Trinajstić information content (AvgIpc) is 3.06. The molecule has 0 aliphatic heterocycles. The summed E-state index contributed by atoms with van der Waals surface area (Å²) in [6, 6.07) is 13.7. The number of hydrogen-bond donors (Lipinski definition) is 2. The van der Waals surface area contributed by atoms with Crippen LogP contribution in [0.1, 0.15) is 10.6 Å². The SMILES string of the molecule is COc1ccc(NC(=O)c2ccc(-c3ccc(Br)cc3Cl)o2)c(N)c1. The fourth-order valence-electron chi connectivity index (χ4n) is 2.26. The first-order valence-electron chi connectivity index (χ1n) is 7.28. The van der Waals surface area contributed by atoms with Gasteiger partial charge in [0, 0.05) is 16.1 Å². The molecular formula is C18H14BrClN2O3. The molecule has 7 heteroatoms. The van der Waals surface area contributed by atoms with Gasteiger partial charge < -0.3 is 20.2 Å². The van der Waals surface area contributed by atoms with Crippen LogP contribution in [0, 0.1) is 0 Å². The molecule has 3 N–H and O–H groups in total. The fraction of sp³-hybridized carbons (Fsp3) is 0.0556. The second kappa shape index (κ2) is 7.21. The van der Waals surface area contributed by atoms with Crippen molar-refractivity contribution in [2.24, 2.45) is 0 Å². The predicted octanol–water partition coefficient (Wildman–Crippen LogP) is 5.21. The van der Waals surface area contributed by atoms with E-state index in [1.54, 1.807) is 43.5 Å². The molecule has 0 atom stereocenters. The minimum Gasteiger partial charge on any atom is -0.497 e. The summed E-state index contributed by atoms with van der Waals surface area (Å²) < 4.78 is 11.6. The molecule has 0 fully saturated rings. The molecule has 3 rings (SSSR count). The number of nitrogens with two attached hydrogens (primary N) is 1. The molecule has 3 aromatic rings. The molecule has 1 aromatic heterocycles. The summed E-state index contributed by atoms with van der Waals surface area (Å²) in [5.74, 6) is 0.867. The molecule has 0 saturated carbocycles. The summed E-state index contributed by atoms with van der Waals surface area (Å²) >= 11 is 9.56. The van der Waals surface area contributed by atoms with Crippen LogP contribution in [-0.2, 0) is 0 Å². The standard InChI is InChI=1S/C18H14BrClN2O3/c1-24-11-3-5-15(14(21)9-11)22-18(23)17-7-6-16(25-17)12-4-2-10(19)8-13(12)20/h2-9H,21H2,1H3,(H,22,23). The van der Waals surface area contributed by atoms with Crippen LogP contribution in [0.3, 0.4) is 0 Å². The maximum absolute atomic E-state index is 12.4. The Labute approximate surface area is 157 Å². The lowest BCUT2D eigenvalue weighted by Gasteiger charge is -2.08. The van der Waals surface area contributed by atoms with Gasteiger partial charge in [-0.15, -0.1) is 0 Å². The number of benzene rings is 2. The van der Waals surface area contributed by atoms with Gasteiger partial charge in [0.25, 0.3) is 5.91 Å². The van der Waals surface area contributed by atoms with Crippen LogP contribution in [-0.4, -0.2) is 13.0 Å². The van der Waals surface area contributed by atoms with E-state index in [2.05, 4.69) is 21.2 Å². The van der Waals surface area contributed by atoms with Gasteiger partial charge in [-0.25, -0.2) is 0 Å². The first-order valence-corrected chi connectivity index (χ1v) is 8.45. The van der Waals surface area contributed by atoms with Crippen molar-refractivity contribution in [3.05, 3.63) is 63.8 Å². The Morgan fingerprint density at radius 3 is 2.68 bits per heavy atom. The molecule has 0 aliphatic carbocycles. The number of hydrogen-bond acceptors (Lipinski definition) is 4. The number of carbonyl (C=O) groups is 1. The molecule has 25 heavy (non-hydrogen) atoms. The molecule has 2 aromatic carbocycles. The van der Waals surface area contributed by atoms with Crippen molar-refractivity contribution in [3.63, 3.8) is 0 Å². The van der Waals surface area contributed by atoms with E-state index in [0.29, 0.717) is 33.5 Å². The summed E-state index contributed by atoms with van der Waals surface area (Å²) in [5.41, 5.74) is 7.48. The molecule has 0 unspecified atom stereocenters. The molecule has 0 bridgehead atoms. The first-order chi connectivity index (χ1) is 12.0. The maximum atomic E-state index is 12.4. The van der Waals surface area contributed by atoms with Crippen LogP contribution < -0.4 is 15.8 Å². The van der Waals surface area contributed by atoms with Gasteiger partial charge in [0.1, 0.15) is 11.5 Å². The zero-order valence-electron chi connectivity index (χ0n) is 13.2. The topological polar surface area (TPSA) is 77.5 Å². The number of nitrogen functional groups attached to an aromatic ring is 1. The number of carbonyl (C=O) groups excluding carboxylic acids is 1. The van der Waals surface area contributed by atoms with Gasteiger partial charge in [0.15, 0.2) is 5.76 Å². The van der Waals surface area contributed by atoms with E-state index in [9.17, 15) is 4.79 Å². The van der Waals surface area contributed by atoms with Gasteiger partial charge in [-0.05, 0) is 42.5 Å². The highest BCUT2D eigenvalue weighted by Gasteiger charge is 2.15.